The molecule has 1 saturated carbocycles. The minimum absolute atomic E-state index is 0.00282. The molecular formula is C21H23FN4O3S. The second-order valence-corrected chi connectivity index (χ2v) is 8.43. The summed E-state index contributed by atoms with van der Waals surface area (Å²) in [6.07, 6.45) is 5.73. The lowest BCUT2D eigenvalue weighted by Crippen LogP contribution is -2.42. The van der Waals surface area contributed by atoms with Crippen molar-refractivity contribution in [3.05, 3.63) is 53.1 Å². The van der Waals surface area contributed by atoms with Crippen molar-refractivity contribution in [3.8, 4) is 0 Å². The van der Waals surface area contributed by atoms with Gasteiger partial charge in [0.25, 0.3) is 0 Å². The monoisotopic (exact) mass is 430 g/mol. The average Bonchev–Trinajstić information content (AvgIpc) is 3.48. The van der Waals surface area contributed by atoms with Crippen molar-refractivity contribution < 1.29 is 19.1 Å². The molecular weight excluding hydrogens is 407 g/mol. The van der Waals surface area contributed by atoms with Crippen molar-refractivity contribution in [2.24, 2.45) is 5.92 Å². The molecule has 2 atom stereocenters. The zero-order valence-corrected chi connectivity index (χ0v) is 17.2. The van der Waals surface area contributed by atoms with Crippen molar-refractivity contribution >= 4 is 30.5 Å². The molecule has 1 aromatic heterocycles. The third-order valence-electron chi connectivity index (χ3n) is 5.58. The highest BCUT2D eigenvalue weighted by molar-refractivity contribution is 7.81. The number of aromatic nitrogens is 3. The van der Waals surface area contributed by atoms with E-state index >= 15 is 0 Å². The highest BCUT2D eigenvalue weighted by Gasteiger charge is 2.40. The van der Waals surface area contributed by atoms with E-state index in [0.29, 0.717) is 30.8 Å². The Bertz CT molecular complexity index is 988. The van der Waals surface area contributed by atoms with Gasteiger partial charge in [-0.2, -0.15) is 12.6 Å². The molecule has 7 nitrogen and oxygen atoms in total. The van der Waals surface area contributed by atoms with E-state index in [2.05, 4.69) is 22.9 Å². The summed E-state index contributed by atoms with van der Waals surface area (Å²) in [4.78, 5) is 26.1. The smallest absolute Gasteiger partial charge is 0.325 e. The lowest BCUT2D eigenvalue weighted by atomic mass is 9.93. The predicted molar refractivity (Wildman–Crippen MR) is 111 cm³/mol. The minimum Gasteiger partial charge on any atom is -0.480 e. The first-order valence-electron chi connectivity index (χ1n) is 9.95. The van der Waals surface area contributed by atoms with Crippen LogP contribution < -0.4 is 0 Å². The van der Waals surface area contributed by atoms with E-state index in [1.54, 1.807) is 18.2 Å². The number of aliphatic carboxylic acids is 1. The Morgan fingerprint density at radius 3 is 2.77 bits per heavy atom. The van der Waals surface area contributed by atoms with Crippen molar-refractivity contribution in [2.45, 2.75) is 37.1 Å². The van der Waals surface area contributed by atoms with E-state index in [1.807, 2.05) is 11.0 Å². The van der Waals surface area contributed by atoms with Crippen LogP contribution in [0.15, 0.2) is 36.0 Å². The van der Waals surface area contributed by atoms with Gasteiger partial charge in [-0.15, -0.1) is 5.10 Å². The first kappa shape index (κ1) is 20.7. The normalized spacial score (nSPS) is 22.2. The van der Waals surface area contributed by atoms with Crippen molar-refractivity contribution in [2.75, 3.05) is 13.1 Å². The molecule has 1 aliphatic heterocycles. The van der Waals surface area contributed by atoms with Crippen LogP contribution in [0.5, 0.6) is 0 Å². The standard InChI is InChI=1S/C21H23FN4O3S/c22-17-4-2-1-3-16(17)20(21(29)13-5-6-13)25-8-7-18(30)14(11-25)9-15-10-23-24-26(15)12-19(27)28/h1-4,9-10,13,18,20,30H,5-8,11-12H2,(H,27,28)/b14-9+. The van der Waals surface area contributed by atoms with E-state index in [1.165, 1.54) is 16.9 Å². The quantitative estimate of drug-likeness (QED) is 0.657. The number of hydrogen-bond donors (Lipinski definition) is 2. The predicted octanol–water partition coefficient (Wildman–Crippen LogP) is 2.61. The highest BCUT2D eigenvalue weighted by atomic mass is 32.1. The summed E-state index contributed by atoms with van der Waals surface area (Å²) in [5, 5.41) is 16.6. The lowest BCUT2D eigenvalue weighted by molar-refractivity contribution is -0.138. The van der Waals surface area contributed by atoms with Crippen LogP contribution in [-0.4, -0.2) is 55.1 Å². The number of likely N-dealkylation sites (tertiary alicyclic amines) is 1. The Morgan fingerprint density at radius 1 is 1.30 bits per heavy atom. The van der Waals surface area contributed by atoms with E-state index < -0.39 is 12.0 Å². The van der Waals surface area contributed by atoms with E-state index in [-0.39, 0.29) is 29.3 Å². The van der Waals surface area contributed by atoms with Gasteiger partial charge in [0.2, 0.25) is 0 Å². The fourth-order valence-corrected chi connectivity index (χ4v) is 4.16. The fourth-order valence-electron chi connectivity index (χ4n) is 3.89. The minimum atomic E-state index is -1.01. The number of ketones is 1. The first-order chi connectivity index (χ1) is 14.4. The number of nitrogens with zero attached hydrogens (tertiary/aromatic N) is 4. The van der Waals surface area contributed by atoms with Crippen molar-refractivity contribution in [1.82, 2.24) is 19.9 Å². The van der Waals surface area contributed by atoms with Crippen molar-refractivity contribution in [3.63, 3.8) is 0 Å². The van der Waals surface area contributed by atoms with Gasteiger partial charge in [0.05, 0.1) is 17.9 Å². The topological polar surface area (TPSA) is 88.3 Å². The Morgan fingerprint density at radius 2 is 2.07 bits per heavy atom. The molecule has 4 rings (SSSR count). The second kappa shape index (κ2) is 8.69. The van der Waals surface area contributed by atoms with E-state index in [9.17, 15) is 14.0 Å². The molecule has 1 N–H and O–H groups in total. The molecule has 2 unspecified atom stereocenters. The highest BCUT2D eigenvalue weighted by Crippen LogP contribution is 2.39. The van der Waals surface area contributed by atoms with Gasteiger partial charge >= 0.3 is 5.97 Å². The molecule has 1 aliphatic carbocycles. The molecule has 1 saturated heterocycles. The van der Waals surface area contributed by atoms with Gasteiger partial charge < -0.3 is 5.11 Å². The summed E-state index contributed by atoms with van der Waals surface area (Å²) in [5.74, 6) is -1.33. The number of thiol groups is 1. The summed E-state index contributed by atoms with van der Waals surface area (Å²) in [7, 11) is 0. The molecule has 2 aliphatic rings. The van der Waals surface area contributed by atoms with E-state index in [0.717, 1.165) is 18.4 Å². The first-order valence-corrected chi connectivity index (χ1v) is 10.5. The summed E-state index contributed by atoms with van der Waals surface area (Å²) in [5.41, 5.74) is 1.89. The summed E-state index contributed by atoms with van der Waals surface area (Å²) >= 11 is 4.67. The van der Waals surface area contributed by atoms with Crippen LogP contribution in [0.2, 0.25) is 0 Å². The molecule has 0 bridgehead atoms. The van der Waals surface area contributed by atoms with Crippen molar-refractivity contribution in [1.29, 1.82) is 0 Å². The molecule has 0 spiro atoms. The molecule has 2 fully saturated rings. The molecule has 1 aromatic carbocycles. The maximum atomic E-state index is 14.6. The second-order valence-electron chi connectivity index (χ2n) is 7.81. The largest absolute Gasteiger partial charge is 0.480 e. The number of piperidine rings is 1. The van der Waals surface area contributed by atoms with Crippen LogP contribution in [0, 0.1) is 11.7 Å². The summed E-state index contributed by atoms with van der Waals surface area (Å²) in [6.45, 7) is 0.761. The van der Waals surface area contributed by atoms with Gasteiger partial charge in [-0.25, -0.2) is 9.07 Å². The molecule has 9 heteroatoms. The molecule has 30 heavy (non-hydrogen) atoms. The zero-order valence-electron chi connectivity index (χ0n) is 16.3. The van der Waals surface area contributed by atoms with Crippen LogP contribution in [0.25, 0.3) is 6.08 Å². The Hall–Kier alpha value is -2.52. The molecule has 0 amide bonds. The number of carbonyl (C=O) groups is 2. The zero-order chi connectivity index (χ0) is 21.3. The molecule has 158 valence electrons. The van der Waals surface area contributed by atoms with Crippen LogP contribution in [0.1, 0.15) is 36.6 Å². The van der Waals surface area contributed by atoms with Gasteiger partial charge in [-0.05, 0) is 37.0 Å². The van der Waals surface area contributed by atoms with Gasteiger partial charge in [-0.3, -0.25) is 14.5 Å². The number of carbonyl (C=O) groups excluding carboxylic acids is 1. The number of halogens is 1. The molecule has 0 radical (unpaired) electrons. The van der Waals surface area contributed by atoms with Crippen LogP contribution in [0.4, 0.5) is 4.39 Å². The average molecular weight is 431 g/mol. The van der Waals surface area contributed by atoms with Crippen LogP contribution in [0.3, 0.4) is 0 Å². The molecule has 2 heterocycles. The van der Waals surface area contributed by atoms with Gasteiger partial charge in [0.1, 0.15) is 12.4 Å². The third kappa shape index (κ3) is 4.46. The number of hydrogen-bond acceptors (Lipinski definition) is 6. The Kier molecular flexibility index (Phi) is 6.01. The number of Topliss-reactive ketones (excluding diaryl/α,β-unsaturated/α-hetero) is 1. The van der Waals surface area contributed by atoms with Gasteiger partial charge in [-0.1, -0.05) is 23.4 Å². The summed E-state index contributed by atoms with van der Waals surface area (Å²) < 4.78 is 15.9. The van der Waals surface area contributed by atoms with Gasteiger partial charge in [0, 0.05) is 29.8 Å². The maximum Gasteiger partial charge on any atom is 0.325 e. The lowest BCUT2D eigenvalue weighted by Gasteiger charge is -2.37. The van der Waals surface area contributed by atoms with E-state index in [4.69, 9.17) is 5.11 Å². The fraction of sp³-hybridized carbons (Fsp3) is 0.429. The van der Waals surface area contributed by atoms with Crippen LogP contribution >= 0.6 is 12.6 Å². The SMILES string of the molecule is O=C(O)Cn1nncc1/C=C1\CN(C(C(=O)C2CC2)c2ccccc2F)CCC1S. The maximum absolute atomic E-state index is 14.6. The number of carboxylic acids is 1. The summed E-state index contributed by atoms with van der Waals surface area (Å²) in [6, 6.07) is 5.82. The van der Waals surface area contributed by atoms with Crippen LogP contribution in [-0.2, 0) is 16.1 Å². The molecule has 2 aromatic rings. The Balaban J connectivity index is 1.64. The number of rotatable bonds is 7. The van der Waals surface area contributed by atoms with Gasteiger partial charge in [0.15, 0.2) is 5.78 Å². The number of carboxylic acid groups (broad SMARTS) is 1. The third-order valence-corrected chi connectivity index (χ3v) is 6.17. The Labute approximate surface area is 179 Å². The number of benzene rings is 1.